The van der Waals surface area contributed by atoms with Crippen molar-refractivity contribution in [2.45, 2.75) is 24.3 Å². The average molecular weight is 385 g/mol. The van der Waals surface area contributed by atoms with E-state index >= 15 is 0 Å². The molecule has 2 aliphatic heterocycles. The molecule has 7 nitrogen and oxygen atoms in total. The first-order chi connectivity index (χ1) is 12.0. The zero-order chi connectivity index (χ0) is 18.0. The number of aryl methyl sites for hydroxylation is 1. The largest absolute Gasteiger partial charge is 0.333 e. The highest BCUT2D eigenvalue weighted by atomic mass is 32.2. The Kier molecular flexibility index (Phi) is 5.96. The molecule has 2 fully saturated rings. The van der Waals surface area contributed by atoms with Gasteiger partial charge in [-0.15, -0.1) is 11.8 Å². The summed E-state index contributed by atoms with van der Waals surface area (Å²) in [5, 5.41) is 3.25. The van der Waals surface area contributed by atoms with Crippen LogP contribution in [-0.2, 0) is 25.4 Å². The first-order valence-electron chi connectivity index (χ1n) is 8.45. The molecule has 0 aliphatic carbocycles. The zero-order valence-corrected chi connectivity index (χ0v) is 16.2. The minimum absolute atomic E-state index is 0.0456. The summed E-state index contributed by atoms with van der Waals surface area (Å²) in [6.07, 6.45) is 2.46. The summed E-state index contributed by atoms with van der Waals surface area (Å²) < 4.78 is 2.51. The standard InChI is InChI=1S/C16H24N4O3S2/c1-18-8-11(14(21)19(2)16(18)23)9-20(12-3-4-17-7-12)15(22)13-10-24-5-6-25-13/h8,12-13,17H,3-7,9-10H2,1-2H3. The summed E-state index contributed by atoms with van der Waals surface area (Å²) in [6, 6.07) is 0.0990. The van der Waals surface area contributed by atoms with Gasteiger partial charge in [-0.2, -0.15) is 11.8 Å². The molecule has 1 N–H and O–H groups in total. The molecule has 0 spiro atoms. The molecule has 0 saturated carbocycles. The van der Waals surface area contributed by atoms with Gasteiger partial charge in [0.15, 0.2) is 0 Å². The molecule has 2 atom stereocenters. The highest BCUT2D eigenvalue weighted by molar-refractivity contribution is 8.07. The van der Waals surface area contributed by atoms with Gasteiger partial charge >= 0.3 is 5.69 Å². The number of amides is 1. The Hall–Kier alpha value is -1.19. The molecule has 1 amide bonds. The molecule has 0 bridgehead atoms. The van der Waals surface area contributed by atoms with Crippen molar-refractivity contribution in [2.75, 3.05) is 30.3 Å². The van der Waals surface area contributed by atoms with Gasteiger partial charge in [-0.3, -0.25) is 14.2 Å². The van der Waals surface area contributed by atoms with Crippen LogP contribution in [0.25, 0.3) is 0 Å². The van der Waals surface area contributed by atoms with E-state index in [1.165, 1.54) is 11.6 Å². The third kappa shape index (κ3) is 3.98. The van der Waals surface area contributed by atoms with Crippen LogP contribution in [0.15, 0.2) is 15.8 Å². The van der Waals surface area contributed by atoms with E-state index in [1.54, 1.807) is 25.0 Å². The van der Waals surface area contributed by atoms with Crippen molar-refractivity contribution in [1.82, 2.24) is 19.4 Å². The zero-order valence-electron chi connectivity index (χ0n) is 14.6. The van der Waals surface area contributed by atoms with Crippen LogP contribution < -0.4 is 16.6 Å². The maximum Gasteiger partial charge on any atom is 0.330 e. The van der Waals surface area contributed by atoms with Crippen molar-refractivity contribution in [3.05, 3.63) is 32.6 Å². The number of carbonyl (C=O) groups is 1. The molecule has 2 unspecified atom stereocenters. The lowest BCUT2D eigenvalue weighted by Crippen LogP contribution is -2.48. The van der Waals surface area contributed by atoms with Gasteiger partial charge in [0.2, 0.25) is 5.91 Å². The number of thioether (sulfide) groups is 2. The molecule has 138 valence electrons. The fourth-order valence-electron chi connectivity index (χ4n) is 3.28. The van der Waals surface area contributed by atoms with Crippen LogP contribution in [-0.4, -0.2) is 61.6 Å². The lowest BCUT2D eigenvalue weighted by molar-refractivity contribution is -0.132. The van der Waals surface area contributed by atoms with Crippen molar-refractivity contribution in [3.63, 3.8) is 0 Å². The minimum Gasteiger partial charge on any atom is -0.333 e. The van der Waals surface area contributed by atoms with Crippen molar-refractivity contribution < 1.29 is 4.79 Å². The van der Waals surface area contributed by atoms with E-state index in [0.717, 1.165) is 41.3 Å². The van der Waals surface area contributed by atoms with Crippen LogP contribution in [0.1, 0.15) is 12.0 Å². The highest BCUT2D eigenvalue weighted by Crippen LogP contribution is 2.27. The van der Waals surface area contributed by atoms with E-state index in [1.807, 2.05) is 16.7 Å². The number of aromatic nitrogens is 2. The van der Waals surface area contributed by atoms with Gasteiger partial charge in [0.25, 0.3) is 5.56 Å². The van der Waals surface area contributed by atoms with Gasteiger partial charge in [0, 0.05) is 50.1 Å². The first-order valence-corrected chi connectivity index (χ1v) is 10.7. The molecule has 3 heterocycles. The van der Waals surface area contributed by atoms with E-state index in [-0.39, 0.29) is 35.0 Å². The second kappa shape index (κ2) is 8.01. The summed E-state index contributed by atoms with van der Waals surface area (Å²) in [7, 11) is 3.10. The van der Waals surface area contributed by atoms with Crippen LogP contribution in [0.2, 0.25) is 0 Å². The summed E-state index contributed by atoms with van der Waals surface area (Å²) in [6.45, 7) is 1.89. The van der Waals surface area contributed by atoms with Crippen LogP contribution in [0.5, 0.6) is 0 Å². The lowest BCUT2D eigenvalue weighted by atomic mass is 10.1. The van der Waals surface area contributed by atoms with E-state index in [2.05, 4.69) is 5.32 Å². The Balaban J connectivity index is 1.89. The fourth-order valence-corrected chi connectivity index (χ4v) is 5.90. The average Bonchev–Trinajstić information content (AvgIpc) is 3.16. The molecule has 1 aromatic heterocycles. The quantitative estimate of drug-likeness (QED) is 0.763. The predicted molar refractivity (Wildman–Crippen MR) is 102 cm³/mol. The van der Waals surface area contributed by atoms with E-state index in [9.17, 15) is 14.4 Å². The molecule has 25 heavy (non-hydrogen) atoms. The Bertz CT molecular complexity index is 749. The van der Waals surface area contributed by atoms with Crippen molar-refractivity contribution in [3.8, 4) is 0 Å². The Morgan fingerprint density at radius 1 is 1.36 bits per heavy atom. The molecule has 2 saturated heterocycles. The molecule has 2 aliphatic rings. The summed E-state index contributed by atoms with van der Waals surface area (Å²) in [5.41, 5.74) is -0.191. The first kappa shape index (κ1) is 18.6. The third-order valence-electron chi connectivity index (χ3n) is 4.71. The van der Waals surface area contributed by atoms with Gasteiger partial charge in [0.05, 0.1) is 17.4 Å². The SMILES string of the molecule is Cn1cc(CN(C(=O)C2CSCCS2)C2CCNC2)c(=O)n(C)c1=O. The Morgan fingerprint density at radius 2 is 2.16 bits per heavy atom. The van der Waals surface area contributed by atoms with Gasteiger partial charge in [-0.25, -0.2) is 4.79 Å². The van der Waals surface area contributed by atoms with Crippen molar-refractivity contribution >= 4 is 29.4 Å². The molecular weight excluding hydrogens is 360 g/mol. The fraction of sp³-hybridized carbons (Fsp3) is 0.688. The molecular formula is C16H24N4O3S2. The van der Waals surface area contributed by atoms with Crippen molar-refractivity contribution in [1.29, 1.82) is 0 Å². The number of nitrogens with one attached hydrogen (secondary N) is 1. The number of carbonyl (C=O) groups excluding carboxylic acids is 1. The number of hydrogen-bond donors (Lipinski definition) is 1. The van der Waals surface area contributed by atoms with E-state index in [4.69, 9.17) is 0 Å². The molecule has 0 radical (unpaired) electrons. The maximum absolute atomic E-state index is 13.1. The number of hydrogen-bond acceptors (Lipinski definition) is 6. The molecule has 0 aromatic carbocycles. The highest BCUT2D eigenvalue weighted by Gasteiger charge is 2.33. The Labute approximate surface area is 155 Å². The van der Waals surface area contributed by atoms with Crippen LogP contribution in [0.4, 0.5) is 0 Å². The van der Waals surface area contributed by atoms with Crippen molar-refractivity contribution in [2.24, 2.45) is 14.1 Å². The smallest absolute Gasteiger partial charge is 0.330 e. The maximum atomic E-state index is 13.1. The van der Waals surface area contributed by atoms with E-state index in [0.29, 0.717) is 5.56 Å². The predicted octanol–water partition coefficient (Wildman–Crippen LogP) is -0.377. The monoisotopic (exact) mass is 384 g/mol. The summed E-state index contributed by atoms with van der Waals surface area (Å²) >= 11 is 3.52. The van der Waals surface area contributed by atoms with Gasteiger partial charge in [0.1, 0.15) is 0 Å². The minimum atomic E-state index is -0.353. The summed E-state index contributed by atoms with van der Waals surface area (Å²) in [5.74, 6) is 3.01. The number of nitrogens with zero attached hydrogens (tertiary/aromatic N) is 3. The molecule has 9 heteroatoms. The Morgan fingerprint density at radius 3 is 2.80 bits per heavy atom. The van der Waals surface area contributed by atoms with Crippen LogP contribution >= 0.6 is 23.5 Å². The van der Waals surface area contributed by atoms with Crippen LogP contribution in [0.3, 0.4) is 0 Å². The lowest BCUT2D eigenvalue weighted by Gasteiger charge is -2.33. The molecule has 3 rings (SSSR count). The van der Waals surface area contributed by atoms with Crippen LogP contribution in [0, 0.1) is 0 Å². The summed E-state index contributed by atoms with van der Waals surface area (Å²) in [4.78, 5) is 39.3. The van der Waals surface area contributed by atoms with E-state index < -0.39 is 0 Å². The second-order valence-corrected chi connectivity index (χ2v) is 8.92. The van der Waals surface area contributed by atoms with Gasteiger partial charge in [-0.05, 0) is 13.0 Å². The second-order valence-electron chi connectivity index (χ2n) is 6.46. The topological polar surface area (TPSA) is 76.3 Å². The van der Waals surface area contributed by atoms with Gasteiger partial charge < -0.3 is 14.8 Å². The molecule has 1 aromatic rings. The van der Waals surface area contributed by atoms with Gasteiger partial charge in [-0.1, -0.05) is 0 Å². The number of rotatable bonds is 4. The third-order valence-corrected chi connectivity index (χ3v) is 7.45. The normalized spacial score (nSPS) is 23.6.